The van der Waals surface area contributed by atoms with E-state index in [1.165, 1.54) is 5.56 Å². The van der Waals surface area contributed by atoms with Crippen molar-refractivity contribution in [1.29, 1.82) is 0 Å². The molecule has 19 heavy (non-hydrogen) atoms. The molecule has 3 nitrogen and oxygen atoms in total. The Labute approximate surface area is 117 Å². The molecule has 0 saturated heterocycles. The van der Waals surface area contributed by atoms with Gasteiger partial charge in [-0.3, -0.25) is 0 Å². The van der Waals surface area contributed by atoms with Crippen molar-refractivity contribution < 1.29 is 9.47 Å². The number of benzene rings is 1. The van der Waals surface area contributed by atoms with Crippen molar-refractivity contribution in [2.45, 2.75) is 59.8 Å². The summed E-state index contributed by atoms with van der Waals surface area (Å²) >= 11 is 0. The summed E-state index contributed by atoms with van der Waals surface area (Å²) in [5, 5.41) is 3.40. The lowest BCUT2D eigenvalue weighted by molar-refractivity contribution is 0.227. The average Bonchev–Trinajstić information content (AvgIpc) is 2.30. The molecule has 0 fully saturated rings. The Morgan fingerprint density at radius 2 is 1.74 bits per heavy atom. The van der Waals surface area contributed by atoms with Crippen LogP contribution in [-0.2, 0) is 6.54 Å². The van der Waals surface area contributed by atoms with E-state index in [2.05, 4.69) is 18.3 Å². The topological polar surface area (TPSA) is 30.5 Å². The maximum absolute atomic E-state index is 5.88. The molecule has 0 unspecified atom stereocenters. The van der Waals surface area contributed by atoms with Crippen LogP contribution in [0.1, 0.15) is 46.6 Å². The summed E-state index contributed by atoms with van der Waals surface area (Å²) < 4.78 is 11.6. The van der Waals surface area contributed by atoms with Gasteiger partial charge in [0.1, 0.15) is 11.5 Å². The lowest BCUT2D eigenvalue weighted by Crippen LogP contribution is -2.16. The normalized spacial score (nSPS) is 11.1. The minimum absolute atomic E-state index is 0.166. The quantitative estimate of drug-likeness (QED) is 0.726. The van der Waals surface area contributed by atoms with E-state index < -0.39 is 0 Å². The molecule has 0 aliphatic carbocycles. The molecule has 1 rings (SSSR count). The SMILES string of the molecule is CCCNCc1ccc(OC(C)C)cc1OC(C)C. The van der Waals surface area contributed by atoms with E-state index >= 15 is 0 Å². The van der Waals surface area contributed by atoms with Gasteiger partial charge in [0.25, 0.3) is 0 Å². The molecule has 0 aromatic heterocycles. The smallest absolute Gasteiger partial charge is 0.127 e. The first-order valence-electron chi connectivity index (χ1n) is 7.19. The fourth-order valence-electron chi connectivity index (χ4n) is 1.79. The van der Waals surface area contributed by atoms with Gasteiger partial charge in [0, 0.05) is 18.2 Å². The molecule has 1 aromatic rings. The van der Waals surface area contributed by atoms with Gasteiger partial charge < -0.3 is 14.8 Å². The fourth-order valence-corrected chi connectivity index (χ4v) is 1.79. The van der Waals surface area contributed by atoms with E-state index in [1.54, 1.807) is 0 Å². The summed E-state index contributed by atoms with van der Waals surface area (Å²) in [6.07, 6.45) is 1.48. The molecule has 0 saturated carbocycles. The van der Waals surface area contributed by atoms with Crippen molar-refractivity contribution in [3.63, 3.8) is 0 Å². The molecule has 108 valence electrons. The van der Waals surface area contributed by atoms with Crippen molar-refractivity contribution >= 4 is 0 Å². The highest BCUT2D eigenvalue weighted by Crippen LogP contribution is 2.26. The van der Waals surface area contributed by atoms with Crippen LogP contribution in [0.25, 0.3) is 0 Å². The number of rotatable bonds is 8. The number of hydrogen-bond acceptors (Lipinski definition) is 3. The molecule has 1 aromatic carbocycles. The maximum Gasteiger partial charge on any atom is 0.127 e. The average molecular weight is 265 g/mol. The van der Waals surface area contributed by atoms with Crippen LogP contribution in [0.3, 0.4) is 0 Å². The summed E-state index contributed by atoms with van der Waals surface area (Å²) in [5.74, 6) is 1.78. The van der Waals surface area contributed by atoms with Crippen molar-refractivity contribution in [1.82, 2.24) is 5.32 Å². The standard InChI is InChI=1S/C16H27NO2/c1-6-9-17-11-14-7-8-15(18-12(2)3)10-16(14)19-13(4)5/h7-8,10,12-13,17H,6,9,11H2,1-5H3. The summed E-state index contributed by atoms with van der Waals surface area (Å²) in [5.41, 5.74) is 1.18. The minimum Gasteiger partial charge on any atom is -0.491 e. The molecular formula is C16H27NO2. The zero-order valence-corrected chi connectivity index (χ0v) is 12.8. The molecule has 1 N–H and O–H groups in total. The maximum atomic E-state index is 5.88. The van der Waals surface area contributed by atoms with Gasteiger partial charge in [-0.25, -0.2) is 0 Å². The Morgan fingerprint density at radius 1 is 1.05 bits per heavy atom. The highest BCUT2D eigenvalue weighted by atomic mass is 16.5. The molecule has 0 aliphatic rings. The zero-order valence-electron chi connectivity index (χ0n) is 12.8. The Morgan fingerprint density at radius 3 is 2.32 bits per heavy atom. The van der Waals surface area contributed by atoms with Crippen LogP contribution in [-0.4, -0.2) is 18.8 Å². The summed E-state index contributed by atoms with van der Waals surface area (Å²) in [6, 6.07) is 6.08. The van der Waals surface area contributed by atoms with Crippen LogP contribution in [0.5, 0.6) is 11.5 Å². The van der Waals surface area contributed by atoms with Gasteiger partial charge in [0.15, 0.2) is 0 Å². The van der Waals surface area contributed by atoms with E-state index in [4.69, 9.17) is 9.47 Å². The summed E-state index contributed by atoms with van der Waals surface area (Å²) in [7, 11) is 0. The largest absolute Gasteiger partial charge is 0.491 e. The van der Waals surface area contributed by atoms with E-state index in [9.17, 15) is 0 Å². The van der Waals surface area contributed by atoms with E-state index in [-0.39, 0.29) is 12.2 Å². The summed E-state index contributed by atoms with van der Waals surface area (Å²) in [6.45, 7) is 12.2. The first-order chi connectivity index (χ1) is 9.02. The van der Waals surface area contributed by atoms with Gasteiger partial charge in [0.05, 0.1) is 12.2 Å². The van der Waals surface area contributed by atoms with Gasteiger partial charge in [-0.2, -0.15) is 0 Å². The first kappa shape index (κ1) is 15.8. The van der Waals surface area contributed by atoms with Gasteiger partial charge in [-0.15, -0.1) is 0 Å². The van der Waals surface area contributed by atoms with Crippen LogP contribution in [0.4, 0.5) is 0 Å². The van der Waals surface area contributed by atoms with Crippen molar-refractivity contribution in [3.05, 3.63) is 23.8 Å². The molecule has 0 bridgehead atoms. The highest BCUT2D eigenvalue weighted by molar-refractivity contribution is 5.41. The molecule has 3 heteroatoms. The second kappa shape index (κ2) is 8.05. The van der Waals surface area contributed by atoms with E-state index in [1.807, 2.05) is 39.8 Å². The third kappa shape index (κ3) is 5.97. The number of hydrogen-bond donors (Lipinski definition) is 1. The zero-order chi connectivity index (χ0) is 14.3. The molecule has 0 aliphatic heterocycles. The fraction of sp³-hybridized carbons (Fsp3) is 0.625. The Bertz CT molecular complexity index is 375. The monoisotopic (exact) mass is 265 g/mol. The van der Waals surface area contributed by atoms with Crippen molar-refractivity contribution in [2.75, 3.05) is 6.54 Å². The van der Waals surface area contributed by atoms with Crippen LogP contribution < -0.4 is 14.8 Å². The summed E-state index contributed by atoms with van der Waals surface area (Å²) in [4.78, 5) is 0. The Hall–Kier alpha value is -1.22. The first-order valence-corrected chi connectivity index (χ1v) is 7.19. The molecular weight excluding hydrogens is 238 g/mol. The van der Waals surface area contributed by atoms with Crippen molar-refractivity contribution in [3.8, 4) is 11.5 Å². The minimum atomic E-state index is 0.166. The second-order valence-corrected chi connectivity index (χ2v) is 5.28. The van der Waals surface area contributed by atoms with Crippen LogP contribution in [0, 0.1) is 0 Å². The van der Waals surface area contributed by atoms with Gasteiger partial charge in [0.2, 0.25) is 0 Å². The number of ether oxygens (including phenoxy) is 2. The van der Waals surface area contributed by atoms with E-state index in [0.717, 1.165) is 31.0 Å². The predicted molar refractivity (Wildman–Crippen MR) is 80.0 cm³/mol. The molecule has 0 amide bonds. The second-order valence-electron chi connectivity index (χ2n) is 5.28. The van der Waals surface area contributed by atoms with Gasteiger partial charge in [-0.05, 0) is 46.7 Å². The molecule has 0 heterocycles. The van der Waals surface area contributed by atoms with Crippen molar-refractivity contribution in [2.24, 2.45) is 0 Å². The number of nitrogens with one attached hydrogen (secondary N) is 1. The lowest BCUT2D eigenvalue weighted by Gasteiger charge is -2.17. The van der Waals surface area contributed by atoms with Gasteiger partial charge in [-0.1, -0.05) is 13.0 Å². The molecule has 0 atom stereocenters. The lowest BCUT2D eigenvalue weighted by atomic mass is 10.2. The molecule has 0 spiro atoms. The predicted octanol–water partition coefficient (Wildman–Crippen LogP) is 3.76. The van der Waals surface area contributed by atoms with E-state index in [0.29, 0.717) is 0 Å². The van der Waals surface area contributed by atoms with Gasteiger partial charge >= 0.3 is 0 Å². The van der Waals surface area contributed by atoms with Crippen LogP contribution in [0.15, 0.2) is 18.2 Å². The van der Waals surface area contributed by atoms with Crippen LogP contribution >= 0.6 is 0 Å². The molecule has 0 radical (unpaired) electrons. The third-order valence-electron chi connectivity index (χ3n) is 2.52. The van der Waals surface area contributed by atoms with Crippen LogP contribution in [0.2, 0.25) is 0 Å². The Balaban J connectivity index is 2.82. The Kier molecular flexibility index (Phi) is 6.71. The highest BCUT2D eigenvalue weighted by Gasteiger charge is 2.08. The third-order valence-corrected chi connectivity index (χ3v) is 2.52.